The lowest BCUT2D eigenvalue weighted by molar-refractivity contribution is 0.454. The minimum atomic E-state index is -0.500. The molecule has 5 aromatic rings. The topological polar surface area (TPSA) is 142 Å². The van der Waals surface area contributed by atoms with Crippen molar-refractivity contribution in [3.05, 3.63) is 63.8 Å². The molecular weight excluding hydrogens is 386 g/mol. The van der Waals surface area contributed by atoms with Crippen molar-refractivity contribution in [2.75, 3.05) is 0 Å². The number of nitrogens with one attached hydrogen (secondary N) is 2. The van der Waals surface area contributed by atoms with Gasteiger partial charge < -0.3 is 10.1 Å². The highest BCUT2D eigenvalue weighted by molar-refractivity contribution is 5.76. The van der Waals surface area contributed by atoms with Gasteiger partial charge in [0.15, 0.2) is 5.65 Å². The van der Waals surface area contributed by atoms with E-state index in [4.69, 9.17) is 0 Å². The van der Waals surface area contributed by atoms with Gasteiger partial charge in [-0.15, -0.1) is 0 Å². The summed E-state index contributed by atoms with van der Waals surface area (Å²) in [7, 11) is 0. The van der Waals surface area contributed by atoms with Gasteiger partial charge >= 0.3 is 5.69 Å². The molecule has 3 N–H and O–H groups in total. The Labute approximate surface area is 167 Å². The predicted octanol–water partition coefficient (Wildman–Crippen LogP) is -0.204. The number of aromatic nitrogens is 8. The molecule has 1 saturated carbocycles. The third kappa shape index (κ3) is 2.67. The summed E-state index contributed by atoms with van der Waals surface area (Å²) in [6, 6.07) is 7.95. The average Bonchev–Trinajstić information content (AvgIpc) is 3.16. The van der Waals surface area contributed by atoms with Crippen molar-refractivity contribution in [2.45, 2.75) is 18.9 Å². The van der Waals surface area contributed by atoms with E-state index in [1.165, 1.54) is 0 Å². The summed E-state index contributed by atoms with van der Waals surface area (Å²) < 4.78 is 3.36. The Bertz CT molecular complexity index is 1600. The number of benzene rings is 1. The smallest absolute Gasteiger partial charge is 0.326 e. The number of imidazole rings is 2. The van der Waals surface area contributed by atoms with Gasteiger partial charge in [-0.2, -0.15) is 19.6 Å². The molecule has 6 rings (SSSR count). The highest BCUT2D eigenvalue weighted by Gasteiger charge is 2.21. The second-order valence-corrected chi connectivity index (χ2v) is 7.11. The van der Waals surface area contributed by atoms with Crippen LogP contribution < -0.4 is 16.5 Å². The molecule has 0 spiro atoms. The molecule has 0 unspecified atom stereocenters. The highest BCUT2D eigenvalue weighted by atomic mass is 16.3. The fourth-order valence-electron chi connectivity index (χ4n) is 3.30. The van der Waals surface area contributed by atoms with Crippen molar-refractivity contribution in [3.8, 4) is 11.8 Å². The zero-order chi connectivity index (χ0) is 20.2. The molecule has 30 heavy (non-hydrogen) atoms. The first-order chi connectivity index (χ1) is 14.7. The first-order valence-corrected chi connectivity index (χ1v) is 9.41. The first-order valence-electron chi connectivity index (χ1n) is 9.41. The summed E-state index contributed by atoms with van der Waals surface area (Å²) >= 11 is 0. The van der Waals surface area contributed by atoms with Gasteiger partial charge in [0, 0.05) is 5.22 Å². The molecule has 1 aliphatic carbocycles. The normalized spacial score (nSPS) is 15.6. The number of rotatable bonds is 3. The van der Waals surface area contributed by atoms with Gasteiger partial charge in [0.2, 0.25) is 11.8 Å². The van der Waals surface area contributed by atoms with E-state index in [-0.39, 0.29) is 17.6 Å². The first kappa shape index (κ1) is 16.7. The average molecular weight is 401 g/mol. The number of hydrogen-bond donors (Lipinski definition) is 3. The van der Waals surface area contributed by atoms with Crippen molar-refractivity contribution in [2.24, 2.45) is 4.99 Å². The Morgan fingerprint density at radius 1 is 1.20 bits per heavy atom. The van der Waals surface area contributed by atoms with Crippen molar-refractivity contribution >= 4 is 22.8 Å². The molecule has 0 radical (unpaired) electrons. The molecule has 11 heteroatoms. The van der Waals surface area contributed by atoms with Gasteiger partial charge in [0.1, 0.15) is 12.0 Å². The largest absolute Gasteiger partial charge is 0.493 e. The summed E-state index contributed by atoms with van der Waals surface area (Å²) in [6.07, 6.45) is 6.91. The van der Waals surface area contributed by atoms with E-state index in [2.05, 4.69) is 35.0 Å². The second-order valence-electron chi connectivity index (χ2n) is 7.11. The van der Waals surface area contributed by atoms with Crippen LogP contribution in [0.5, 0.6) is 5.88 Å². The van der Waals surface area contributed by atoms with Crippen LogP contribution in [0.25, 0.3) is 28.7 Å². The van der Waals surface area contributed by atoms with Crippen molar-refractivity contribution in [1.82, 2.24) is 39.1 Å². The van der Waals surface area contributed by atoms with Crippen LogP contribution in [-0.2, 0) is 0 Å². The lowest BCUT2D eigenvalue weighted by Crippen LogP contribution is -2.25. The quantitative estimate of drug-likeness (QED) is 0.382. The third-order valence-corrected chi connectivity index (χ3v) is 4.92. The van der Waals surface area contributed by atoms with Crippen LogP contribution in [0, 0.1) is 0 Å². The summed E-state index contributed by atoms with van der Waals surface area (Å²) in [5.74, 6) is 0.162. The van der Waals surface area contributed by atoms with E-state index in [0.717, 1.165) is 23.9 Å². The van der Waals surface area contributed by atoms with Crippen molar-refractivity contribution < 1.29 is 5.11 Å². The number of hydrogen-bond acceptors (Lipinski definition) is 7. The molecule has 148 valence electrons. The van der Waals surface area contributed by atoms with Crippen molar-refractivity contribution in [3.63, 3.8) is 0 Å². The standard InChI is InChI=1S/C19H15N9O2/c29-16-13(23-19(30)25-16)7-10-8-21-28-15(10)24-17(26-18(28)22-11-5-6-11)27-9-20-12-3-1-2-4-14(12)27/h1-4,7-9,11,29H,5-6H2,(H2,23,25,30)/b10-7+,22-18?. The van der Waals surface area contributed by atoms with Crippen LogP contribution >= 0.6 is 0 Å². The molecular formula is C19H15N9O2. The molecule has 4 heterocycles. The van der Waals surface area contributed by atoms with Gasteiger partial charge in [-0.25, -0.2) is 14.8 Å². The fourth-order valence-corrected chi connectivity index (χ4v) is 3.30. The Morgan fingerprint density at radius 2 is 2.07 bits per heavy atom. The molecule has 0 aliphatic heterocycles. The van der Waals surface area contributed by atoms with Crippen LogP contribution in [0.2, 0.25) is 0 Å². The van der Waals surface area contributed by atoms with Gasteiger partial charge in [-0.3, -0.25) is 9.55 Å². The molecule has 1 aliphatic rings. The van der Waals surface area contributed by atoms with E-state index < -0.39 is 5.69 Å². The number of aromatic hydroxyl groups is 1. The number of aromatic amines is 2. The van der Waals surface area contributed by atoms with Gasteiger partial charge in [0.05, 0.1) is 23.3 Å². The minimum Gasteiger partial charge on any atom is -0.493 e. The lowest BCUT2D eigenvalue weighted by Gasteiger charge is -2.03. The van der Waals surface area contributed by atoms with Crippen LogP contribution in [-0.4, -0.2) is 50.2 Å². The zero-order valence-corrected chi connectivity index (χ0v) is 15.5. The number of H-pyrrole nitrogens is 2. The maximum atomic E-state index is 11.5. The second kappa shape index (κ2) is 6.11. The van der Waals surface area contributed by atoms with Gasteiger partial charge in [-0.1, -0.05) is 12.1 Å². The zero-order valence-electron chi connectivity index (χ0n) is 15.5. The fraction of sp³-hybridized carbons (Fsp3) is 0.158. The Morgan fingerprint density at radius 3 is 2.87 bits per heavy atom. The van der Waals surface area contributed by atoms with Gasteiger partial charge in [0.25, 0.3) is 5.62 Å². The van der Waals surface area contributed by atoms with Gasteiger partial charge in [-0.05, 0) is 31.1 Å². The molecule has 1 fully saturated rings. The molecule has 1 aromatic carbocycles. The van der Waals surface area contributed by atoms with E-state index in [0.29, 0.717) is 22.4 Å². The summed E-state index contributed by atoms with van der Waals surface area (Å²) in [5.41, 5.74) is 2.39. The Balaban J connectivity index is 1.65. The van der Waals surface area contributed by atoms with Crippen LogP contribution in [0.15, 0.2) is 46.6 Å². The molecule has 0 bridgehead atoms. The lowest BCUT2D eigenvalue weighted by atomic mass is 10.3. The van der Waals surface area contributed by atoms with E-state index in [1.54, 1.807) is 27.7 Å². The van der Waals surface area contributed by atoms with Crippen LogP contribution in [0.4, 0.5) is 0 Å². The molecule has 0 atom stereocenters. The van der Waals surface area contributed by atoms with Crippen LogP contribution in [0.3, 0.4) is 0 Å². The monoisotopic (exact) mass is 401 g/mol. The SMILES string of the molecule is O=c1[nH]c(O)c(/C=c2\cnn3c(=NC4CC4)nc(-n4cnc5ccccc54)nc23)[nH]1. The summed E-state index contributed by atoms with van der Waals surface area (Å²) in [5, 5.41) is 14.9. The van der Waals surface area contributed by atoms with Crippen LogP contribution in [0.1, 0.15) is 18.5 Å². The number of para-hydroxylation sites is 2. The molecule has 0 amide bonds. The Hall–Kier alpha value is -4.28. The molecule has 4 aromatic heterocycles. The number of fused-ring (bicyclic) bond motifs is 2. The highest BCUT2D eigenvalue weighted by Crippen LogP contribution is 2.22. The Kier molecular flexibility index (Phi) is 3.39. The maximum Gasteiger partial charge on any atom is 0.326 e. The summed E-state index contributed by atoms with van der Waals surface area (Å²) in [4.78, 5) is 34.7. The molecule has 0 saturated heterocycles. The van der Waals surface area contributed by atoms with E-state index in [1.807, 2.05) is 24.3 Å². The minimum absolute atomic E-state index is 0.234. The van der Waals surface area contributed by atoms with E-state index in [9.17, 15) is 9.90 Å². The number of nitrogens with zero attached hydrogens (tertiary/aromatic N) is 7. The third-order valence-electron chi connectivity index (χ3n) is 4.92. The molecule has 11 nitrogen and oxygen atoms in total. The van der Waals surface area contributed by atoms with E-state index >= 15 is 0 Å². The maximum absolute atomic E-state index is 11.5. The summed E-state index contributed by atoms with van der Waals surface area (Å²) in [6.45, 7) is 0. The predicted molar refractivity (Wildman–Crippen MR) is 106 cm³/mol. The van der Waals surface area contributed by atoms with Crippen molar-refractivity contribution in [1.29, 1.82) is 0 Å².